The number of aromatic nitrogens is 2. The molecular formula is C20H23N3O2S. The van der Waals surface area contributed by atoms with E-state index in [1.165, 1.54) is 10.4 Å². The maximum absolute atomic E-state index is 11.2. The number of likely N-dealkylation sites (tertiary alicyclic amines) is 1. The van der Waals surface area contributed by atoms with Gasteiger partial charge in [-0.15, -0.1) is 11.3 Å². The van der Waals surface area contributed by atoms with E-state index in [0.29, 0.717) is 12.8 Å². The number of ether oxygens (including phenoxy) is 1. The molecule has 1 aliphatic rings. The molecule has 1 aromatic carbocycles. The van der Waals surface area contributed by atoms with Crippen LogP contribution in [0.4, 0.5) is 0 Å². The van der Waals surface area contributed by atoms with Crippen molar-refractivity contribution in [1.29, 1.82) is 0 Å². The molecule has 0 atom stereocenters. The summed E-state index contributed by atoms with van der Waals surface area (Å²) in [5.74, 6) is 0.762. The molecule has 0 radical (unpaired) electrons. The minimum Gasteiger partial charge on any atom is -0.496 e. The van der Waals surface area contributed by atoms with Gasteiger partial charge >= 0.3 is 0 Å². The molecule has 3 aromatic rings. The van der Waals surface area contributed by atoms with Gasteiger partial charge in [-0.3, -0.25) is 10.00 Å². The highest BCUT2D eigenvalue weighted by Gasteiger charge is 2.36. The number of para-hydroxylation sites is 1. The zero-order valence-electron chi connectivity index (χ0n) is 14.8. The van der Waals surface area contributed by atoms with Crippen molar-refractivity contribution in [2.24, 2.45) is 0 Å². The van der Waals surface area contributed by atoms with Gasteiger partial charge in [-0.2, -0.15) is 5.10 Å². The second-order valence-electron chi connectivity index (χ2n) is 6.76. The summed E-state index contributed by atoms with van der Waals surface area (Å²) in [6.45, 7) is 2.51. The Hall–Kier alpha value is -2.15. The van der Waals surface area contributed by atoms with E-state index < -0.39 is 5.60 Å². The van der Waals surface area contributed by atoms with Crippen molar-refractivity contribution >= 4 is 11.3 Å². The first kappa shape index (κ1) is 17.3. The van der Waals surface area contributed by atoms with Crippen LogP contribution in [0.15, 0.2) is 48.0 Å². The van der Waals surface area contributed by atoms with Crippen molar-refractivity contribution in [3.8, 4) is 16.3 Å². The number of nitrogens with zero attached hydrogens (tertiary/aromatic N) is 2. The van der Waals surface area contributed by atoms with E-state index in [1.807, 2.05) is 30.5 Å². The maximum atomic E-state index is 11.2. The molecule has 1 fully saturated rings. The fourth-order valence-corrected chi connectivity index (χ4v) is 4.44. The topological polar surface area (TPSA) is 61.4 Å². The Morgan fingerprint density at radius 2 is 2.04 bits per heavy atom. The van der Waals surface area contributed by atoms with E-state index in [1.54, 1.807) is 18.4 Å². The van der Waals surface area contributed by atoms with Crippen molar-refractivity contribution in [3.63, 3.8) is 0 Å². The molecule has 1 aliphatic heterocycles. The van der Waals surface area contributed by atoms with Crippen LogP contribution < -0.4 is 4.74 Å². The number of nitrogens with one attached hydrogen (secondary N) is 1. The Labute approximate surface area is 157 Å². The molecule has 6 heteroatoms. The summed E-state index contributed by atoms with van der Waals surface area (Å²) in [5, 5.41) is 20.6. The monoisotopic (exact) mass is 369 g/mol. The van der Waals surface area contributed by atoms with Crippen LogP contribution >= 0.6 is 11.3 Å². The van der Waals surface area contributed by atoms with Crippen LogP contribution in [0.2, 0.25) is 0 Å². The predicted octanol–water partition coefficient (Wildman–Crippen LogP) is 3.63. The molecule has 26 heavy (non-hydrogen) atoms. The van der Waals surface area contributed by atoms with Gasteiger partial charge in [0.05, 0.1) is 29.5 Å². The minimum absolute atomic E-state index is 0.694. The Morgan fingerprint density at radius 1 is 1.23 bits per heavy atom. The average molecular weight is 369 g/mol. The highest BCUT2D eigenvalue weighted by atomic mass is 32.1. The quantitative estimate of drug-likeness (QED) is 0.721. The third kappa shape index (κ3) is 3.28. The van der Waals surface area contributed by atoms with Crippen LogP contribution in [-0.4, -0.2) is 40.4 Å². The normalized spacial score (nSPS) is 17.3. The molecule has 136 valence electrons. The zero-order valence-corrected chi connectivity index (χ0v) is 15.6. The molecule has 0 unspecified atom stereocenters. The smallest absolute Gasteiger partial charge is 0.124 e. The van der Waals surface area contributed by atoms with Gasteiger partial charge in [0, 0.05) is 30.8 Å². The summed E-state index contributed by atoms with van der Waals surface area (Å²) < 4.78 is 5.45. The van der Waals surface area contributed by atoms with E-state index in [0.717, 1.165) is 36.6 Å². The molecule has 0 aliphatic carbocycles. The molecule has 4 rings (SSSR count). The number of H-pyrrole nitrogens is 1. The largest absolute Gasteiger partial charge is 0.496 e. The van der Waals surface area contributed by atoms with Crippen LogP contribution in [-0.2, 0) is 12.1 Å². The molecule has 5 nitrogen and oxygen atoms in total. The summed E-state index contributed by atoms with van der Waals surface area (Å²) in [6.07, 6.45) is 3.30. The minimum atomic E-state index is -0.823. The molecule has 0 amide bonds. The summed E-state index contributed by atoms with van der Waals surface area (Å²) in [4.78, 5) is 3.59. The first-order valence-electron chi connectivity index (χ1n) is 8.84. The maximum Gasteiger partial charge on any atom is 0.124 e. The third-order valence-corrected chi connectivity index (χ3v) is 6.06. The molecule has 2 N–H and O–H groups in total. The second kappa shape index (κ2) is 7.23. The number of benzene rings is 1. The standard InChI is InChI=1S/C20H23N3O2S/c1-25-17-6-3-2-5-16(17)20(24)8-10-23(11-9-20)14-15-13-21-22-19(15)18-7-4-12-26-18/h2-7,12-13,24H,8-11,14H2,1H3,(H,21,22). The van der Waals surface area contributed by atoms with E-state index in [2.05, 4.69) is 32.6 Å². The van der Waals surface area contributed by atoms with E-state index >= 15 is 0 Å². The SMILES string of the molecule is COc1ccccc1C1(O)CCN(Cc2cn[nH]c2-c2cccs2)CC1. The lowest BCUT2D eigenvalue weighted by molar-refractivity contribution is -0.0292. The summed E-state index contributed by atoms with van der Waals surface area (Å²) in [6, 6.07) is 11.9. The van der Waals surface area contributed by atoms with Crippen LogP contribution in [0.5, 0.6) is 5.75 Å². The first-order chi connectivity index (χ1) is 12.7. The lowest BCUT2D eigenvalue weighted by Crippen LogP contribution is -2.42. The molecule has 0 bridgehead atoms. The van der Waals surface area contributed by atoms with E-state index in [-0.39, 0.29) is 0 Å². The van der Waals surface area contributed by atoms with Gasteiger partial charge in [0.2, 0.25) is 0 Å². The zero-order chi connectivity index (χ0) is 18.0. The van der Waals surface area contributed by atoms with Crippen LogP contribution in [0, 0.1) is 0 Å². The highest BCUT2D eigenvalue weighted by Crippen LogP contribution is 2.38. The van der Waals surface area contributed by atoms with Crippen LogP contribution in [0.1, 0.15) is 24.0 Å². The van der Waals surface area contributed by atoms with Gasteiger partial charge in [0.15, 0.2) is 0 Å². The second-order valence-corrected chi connectivity index (χ2v) is 7.70. The van der Waals surface area contributed by atoms with Gasteiger partial charge < -0.3 is 9.84 Å². The number of aromatic amines is 1. The molecule has 3 heterocycles. The lowest BCUT2D eigenvalue weighted by Gasteiger charge is -2.39. The Kier molecular flexibility index (Phi) is 4.80. The number of thiophene rings is 1. The Balaban J connectivity index is 1.45. The van der Waals surface area contributed by atoms with Gasteiger partial charge in [-0.25, -0.2) is 0 Å². The number of piperidine rings is 1. The van der Waals surface area contributed by atoms with Crippen molar-refractivity contribution in [3.05, 3.63) is 59.1 Å². The van der Waals surface area contributed by atoms with E-state index in [9.17, 15) is 5.11 Å². The van der Waals surface area contributed by atoms with Crippen LogP contribution in [0.25, 0.3) is 10.6 Å². The number of hydrogen-bond acceptors (Lipinski definition) is 5. The number of rotatable bonds is 5. The fourth-order valence-electron chi connectivity index (χ4n) is 3.69. The Bertz CT molecular complexity index is 852. The first-order valence-corrected chi connectivity index (χ1v) is 9.72. The fraction of sp³-hybridized carbons (Fsp3) is 0.350. The van der Waals surface area contributed by atoms with E-state index in [4.69, 9.17) is 4.74 Å². The third-order valence-electron chi connectivity index (χ3n) is 5.17. The van der Waals surface area contributed by atoms with Crippen molar-refractivity contribution in [1.82, 2.24) is 15.1 Å². The van der Waals surface area contributed by atoms with Crippen LogP contribution in [0.3, 0.4) is 0 Å². The predicted molar refractivity (Wildman–Crippen MR) is 103 cm³/mol. The van der Waals surface area contributed by atoms with Crippen molar-refractivity contribution in [2.45, 2.75) is 25.0 Å². The van der Waals surface area contributed by atoms with Gasteiger partial charge in [-0.05, 0) is 30.4 Å². The number of methoxy groups -OCH3 is 1. The number of hydrogen-bond donors (Lipinski definition) is 2. The average Bonchev–Trinajstić information content (AvgIpc) is 3.35. The molecular weight excluding hydrogens is 346 g/mol. The molecule has 0 spiro atoms. The summed E-state index contributed by atoms with van der Waals surface area (Å²) >= 11 is 1.71. The molecule has 2 aromatic heterocycles. The van der Waals surface area contributed by atoms with Crippen molar-refractivity contribution < 1.29 is 9.84 Å². The van der Waals surface area contributed by atoms with Gasteiger partial charge in [-0.1, -0.05) is 24.3 Å². The molecule has 1 saturated heterocycles. The Morgan fingerprint density at radius 3 is 2.77 bits per heavy atom. The molecule has 0 saturated carbocycles. The van der Waals surface area contributed by atoms with Gasteiger partial charge in [0.1, 0.15) is 5.75 Å². The summed E-state index contributed by atoms with van der Waals surface area (Å²) in [5.41, 5.74) is 2.38. The van der Waals surface area contributed by atoms with Crippen molar-refractivity contribution in [2.75, 3.05) is 20.2 Å². The lowest BCUT2D eigenvalue weighted by atomic mass is 9.84. The highest BCUT2D eigenvalue weighted by molar-refractivity contribution is 7.13. The summed E-state index contributed by atoms with van der Waals surface area (Å²) in [7, 11) is 1.66. The number of aliphatic hydroxyl groups is 1. The van der Waals surface area contributed by atoms with Gasteiger partial charge in [0.25, 0.3) is 0 Å².